The number of rotatable bonds is 10. The van der Waals surface area contributed by atoms with Gasteiger partial charge in [0, 0.05) is 34.5 Å². The number of aliphatic hydroxyl groups excluding tert-OH is 1. The fourth-order valence-electron chi connectivity index (χ4n) is 6.06. The van der Waals surface area contributed by atoms with E-state index in [0.29, 0.717) is 52.3 Å². The van der Waals surface area contributed by atoms with E-state index in [1.165, 1.54) is 0 Å². The Labute approximate surface area is 243 Å². The van der Waals surface area contributed by atoms with E-state index >= 15 is 4.39 Å². The van der Waals surface area contributed by atoms with Crippen LogP contribution in [0.25, 0.3) is 0 Å². The van der Waals surface area contributed by atoms with E-state index in [1.807, 2.05) is 61.5 Å². The topological polar surface area (TPSA) is 59.7 Å². The maximum Gasteiger partial charge on any atom is 0.137 e. The molecule has 1 heterocycles. The van der Waals surface area contributed by atoms with Crippen molar-refractivity contribution in [2.24, 2.45) is 4.99 Å². The van der Waals surface area contributed by atoms with Gasteiger partial charge in [0.05, 0.1) is 12.3 Å². The maximum absolute atomic E-state index is 16.8. The molecule has 0 aliphatic carbocycles. The number of hydrogen-bond acceptors (Lipinski definition) is 3. The van der Waals surface area contributed by atoms with Gasteiger partial charge in [-0.1, -0.05) is 44.6 Å². The Morgan fingerprint density at radius 2 is 1.55 bits per heavy atom. The van der Waals surface area contributed by atoms with Gasteiger partial charge in [-0.3, -0.25) is 5.41 Å². The monoisotopic (exact) mass is 549 g/mol. The summed E-state index contributed by atoms with van der Waals surface area (Å²) in [5, 5.41) is 20.3. The van der Waals surface area contributed by atoms with Crippen molar-refractivity contribution in [3.8, 4) is 0 Å². The molecule has 1 saturated heterocycles. The number of allylic oxidation sites excluding steroid dienone is 7. The van der Waals surface area contributed by atoms with Gasteiger partial charge in [-0.15, -0.1) is 0 Å². The Kier molecular flexibility index (Phi) is 11.9. The van der Waals surface area contributed by atoms with Crippen LogP contribution in [0.3, 0.4) is 0 Å². The first-order chi connectivity index (χ1) is 18.8. The highest BCUT2D eigenvalue weighted by atomic mass is 19.1. The van der Waals surface area contributed by atoms with Crippen LogP contribution in [0, 0.1) is 18.2 Å². The maximum atomic E-state index is 16.8. The van der Waals surface area contributed by atoms with Gasteiger partial charge < -0.3 is 10.0 Å². The molecule has 0 spiro atoms. The number of amidine groups is 1. The smallest absolute Gasteiger partial charge is 0.137 e. The van der Waals surface area contributed by atoms with E-state index in [-0.39, 0.29) is 17.9 Å². The number of benzene rings is 1. The normalized spacial score (nSPS) is 18.7. The van der Waals surface area contributed by atoms with E-state index < -0.39 is 5.82 Å². The first-order valence-electron chi connectivity index (χ1n) is 14.9. The molecule has 1 aromatic rings. The lowest BCUT2D eigenvalue weighted by Gasteiger charge is -2.35. The molecule has 1 aliphatic rings. The summed E-state index contributed by atoms with van der Waals surface area (Å²) in [5.41, 5.74) is 8.30. The molecule has 1 aromatic carbocycles. The Morgan fingerprint density at radius 1 is 1.00 bits per heavy atom. The van der Waals surface area contributed by atoms with Crippen LogP contribution in [0.15, 0.2) is 51.2 Å². The molecule has 1 fully saturated rings. The lowest BCUT2D eigenvalue weighted by atomic mass is 9.82. The summed E-state index contributed by atoms with van der Waals surface area (Å²) in [6.07, 6.45) is 6.55. The molecule has 0 amide bonds. The molecule has 0 radical (unpaired) electrons. The summed E-state index contributed by atoms with van der Waals surface area (Å²) >= 11 is 0. The van der Waals surface area contributed by atoms with E-state index in [0.717, 1.165) is 53.5 Å². The van der Waals surface area contributed by atoms with Crippen molar-refractivity contribution in [3.05, 3.63) is 79.9 Å². The fourth-order valence-corrected chi connectivity index (χ4v) is 6.06. The number of halogens is 1. The standard InChI is InChI=1S/C35H52FN3O/c1-13-22(9)24(11)30(23(10)20(5)6)34(37)32-28(16-4)29(19-40)31(25(12)33(32)36)35(38-21(7)8)39-26(14-2)17-18-27(39)15-3/h13,26-27,37,40H,7,14-19H2,1-6,8-12H3/b22-13-,30-24-,37-34?,38-35?. The van der Waals surface area contributed by atoms with Crippen LogP contribution in [-0.2, 0) is 13.0 Å². The lowest BCUT2D eigenvalue weighted by Crippen LogP contribution is -2.42. The molecule has 40 heavy (non-hydrogen) atoms. The molecule has 4 nitrogen and oxygen atoms in total. The molecule has 2 N–H and O–H groups in total. The van der Waals surface area contributed by atoms with Gasteiger partial charge in [0.25, 0.3) is 0 Å². The highest BCUT2D eigenvalue weighted by molar-refractivity contribution is 6.16. The molecular formula is C35H52FN3O. The Balaban J connectivity index is 3.06. The first-order valence-corrected chi connectivity index (χ1v) is 14.9. The zero-order chi connectivity index (χ0) is 30.5. The van der Waals surface area contributed by atoms with Crippen molar-refractivity contribution in [1.82, 2.24) is 4.90 Å². The highest BCUT2D eigenvalue weighted by Gasteiger charge is 2.37. The first kappa shape index (κ1) is 33.4. The molecule has 2 unspecified atom stereocenters. The molecule has 0 aromatic heterocycles. The quantitative estimate of drug-likeness (QED) is 0.174. The molecule has 0 bridgehead atoms. The van der Waals surface area contributed by atoms with Gasteiger partial charge in [-0.05, 0) is 115 Å². The van der Waals surface area contributed by atoms with Crippen molar-refractivity contribution >= 4 is 11.5 Å². The third-order valence-corrected chi connectivity index (χ3v) is 8.76. The number of nitrogens with zero attached hydrogens (tertiary/aromatic N) is 2. The summed E-state index contributed by atoms with van der Waals surface area (Å²) in [7, 11) is 0. The average Bonchev–Trinajstić information content (AvgIpc) is 3.34. The summed E-state index contributed by atoms with van der Waals surface area (Å²) < 4.78 is 16.8. The van der Waals surface area contributed by atoms with E-state index in [9.17, 15) is 10.5 Å². The predicted molar refractivity (Wildman–Crippen MR) is 170 cm³/mol. The average molecular weight is 550 g/mol. The molecule has 1 aliphatic heterocycles. The van der Waals surface area contributed by atoms with Gasteiger partial charge in [-0.2, -0.15) is 0 Å². The number of aliphatic imine (C=N–C) groups is 1. The van der Waals surface area contributed by atoms with Crippen molar-refractivity contribution in [3.63, 3.8) is 0 Å². The minimum absolute atomic E-state index is 0.161. The van der Waals surface area contributed by atoms with Gasteiger partial charge >= 0.3 is 0 Å². The van der Waals surface area contributed by atoms with Crippen LogP contribution in [0.1, 0.15) is 123 Å². The summed E-state index contributed by atoms with van der Waals surface area (Å²) in [6.45, 7) is 25.8. The summed E-state index contributed by atoms with van der Waals surface area (Å²) in [6, 6.07) is 0.586. The minimum Gasteiger partial charge on any atom is -0.392 e. The highest BCUT2D eigenvalue weighted by Crippen LogP contribution is 2.37. The molecular weight excluding hydrogens is 497 g/mol. The van der Waals surface area contributed by atoms with Gasteiger partial charge in [0.2, 0.25) is 0 Å². The van der Waals surface area contributed by atoms with Crippen molar-refractivity contribution < 1.29 is 9.50 Å². The van der Waals surface area contributed by atoms with Gasteiger partial charge in [0.1, 0.15) is 11.7 Å². The van der Waals surface area contributed by atoms with E-state index in [1.54, 1.807) is 6.92 Å². The minimum atomic E-state index is -0.409. The van der Waals surface area contributed by atoms with Crippen LogP contribution in [-0.4, -0.2) is 33.6 Å². The number of hydrogen-bond donors (Lipinski definition) is 2. The molecule has 5 heteroatoms. The summed E-state index contributed by atoms with van der Waals surface area (Å²) in [5.74, 6) is 0.294. The van der Waals surface area contributed by atoms with E-state index in [2.05, 4.69) is 25.3 Å². The summed E-state index contributed by atoms with van der Waals surface area (Å²) in [4.78, 5) is 7.29. The predicted octanol–water partition coefficient (Wildman–Crippen LogP) is 9.13. The SMILES string of the molecule is C=C(C)N=C(c1c(C)c(F)c(C(=N)/C(C(C)=C(C)C)=C(C)\C(C)=C/C)c(CC)c1CO)N1C(CC)CCC1CC. The third kappa shape index (κ3) is 6.40. The molecule has 220 valence electrons. The van der Waals surface area contributed by atoms with Crippen LogP contribution in [0.2, 0.25) is 0 Å². The number of nitrogens with one attached hydrogen (secondary N) is 1. The van der Waals surface area contributed by atoms with E-state index in [4.69, 9.17) is 4.99 Å². The zero-order valence-corrected chi connectivity index (χ0v) is 26.9. The Hall–Kier alpha value is -2.79. The molecule has 2 rings (SSSR count). The second kappa shape index (κ2) is 14.2. The third-order valence-electron chi connectivity index (χ3n) is 8.76. The van der Waals surface area contributed by atoms with Crippen molar-refractivity contribution in [1.29, 1.82) is 5.41 Å². The molecule has 0 saturated carbocycles. The second-order valence-corrected chi connectivity index (χ2v) is 11.4. The Morgan fingerprint density at radius 3 is 1.95 bits per heavy atom. The lowest BCUT2D eigenvalue weighted by molar-refractivity contribution is 0.277. The van der Waals surface area contributed by atoms with Crippen LogP contribution >= 0.6 is 0 Å². The van der Waals surface area contributed by atoms with Crippen LogP contribution in [0.5, 0.6) is 0 Å². The van der Waals surface area contributed by atoms with Crippen LogP contribution < -0.4 is 0 Å². The fraction of sp³-hybridized carbons (Fsp3) is 0.543. The van der Waals surface area contributed by atoms with Crippen LogP contribution in [0.4, 0.5) is 4.39 Å². The second-order valence-electron chi connectivity index (χ2n) is 11.4. The van der Waals surface area contributed by atoms with Gasteiger partial charge in [-0.25, -0.2) is 9.38 Å². The molecule has 2 atom stereocenters. The zero-order valence-electron chi connectivity index (χ0n) is 26.9. The number of aliphatic hydroxyl groups is 1. The number of likely N-dealkylation sites (tertiary alicyclic amines) is 1. The van der Waals surface area contributed by atoms with Crippen molar-refractivity contribution in [2.45, 2.75) is 127 Å². The largest absolute Gasteiger partial charge is 0.392 e. The Bertz CT molecular complexity index is 1260. The van der Waals surface area contributed by atoms with Gasteiger partial charge in [0.15, 0.2) is 0 Å². The van der Waals surface area contributed by atoms with Crippen molar-refractivity contribution in [2.75, 3.05) is 0 Å².